The second-order valence-corrected chi connectivity index (χ2v) is 12.6. The number of nitrogens with one attached hydrogen (secondary N) is 1. The van der Waals surface area contributed by atoms with Crippen molar-refractivity contribution in [1.29, 1.82) is 0 Å². The van der Waals surface area contributed by atoms with Gasteiger partial charge in [-0.25, -0.2) is 4.52 Å². The molecule has 0 spiro atoms. The van der Waals surface area contributed by atoms with Crippen LogP contribution in [0.1, 0.15) is 32.1 Å². The minimum absolute atomic E-state index is 0.0428. The van der Waals surface area contributed by atoms with Crippen LogP contribution in [-0.2, 0) is 20.9 Å². The van der Waals surface area contributed by atoms with Gasteiger partial charge >= 0.3 is 0 Å². The van der Waals surface area contributed by atoms with E-state index < -0.39 is 0 Å². The lowest BCUT2D eigenvalue weighted by Crippen LogP contribution is -2.58. The Morgan fingerprint density at radius 2 is 1.88 bits per heavy atom. The molecule has 222 valence electrons. The number of pyridine rings is 1. The Labute approximate surface area is 244 Å². The van der Waals surface area contributed by atoms with E-state index in [0.717, 1.165) is 88.4 Å². The molecule has 42 heavy (non-hydrogen) atoms. The summed E-state index contributed by atoms with van der Waals surface area (Å²) >= 11 is 0. The third-order valence-electron chi connectivity index (χ3n) is 9.88. The van der Waals surface area contributed by atoms with Crippen molar-refractivity contribution < 1.29 is 14.3 Å². The van der Waals surface area contributed by atoms with E-state index in [0.29, 0.717) is 11.9 Å². The number of rotatable bonds is 6. The highest BCUT2D eigenvalue weighted by molar-refractivity contribution is 5.82. The van der Waals surface area contributed by atoms with E-state index in [1.165, 1.54) is 0 Å². The number of piperazine rings is 2. The molecular formula is C29H38N10O3. The molecule has 13 nitrogen and oxygen atoms in total. The topological polar surface area (TPSA) is 116 Å². The van der Waals surface area contributed by atoms with Gasteiger partial charge in [-0.05, 0) is 51.3 Å². The molecule has 3 aromatic heterocycles. The number of fused-ring (bicyclic) bond motifs is 5. The average molecular weight is 575 g/mol. The summed E-state index contributed by atoms with van der Waals surface area (Å²) in [6, 6.07) is 4.52. The van der Waals surface area contributed by atoms with Crippen molar-refractivity contribution in [3.8, 4) is 0 Å². The lowest BCUT2D eigenvalue weighted by Gasteiger charge is -2.43. The summed E-state index contributed by atoms with van der Waals surface area (Å²) in [7, 11) is 2.08. The Morgan fingerprint density at radius 3 is 2.62 bits per heavy atom. The zero-order valence-electron chi connectivity index (χ0n) is 24.0. The molecule has 5 atom stereocenters. The van der Waals surface area contributed by atoms with E-state index in [1.54, 1.807) is 15.4 Å². The third kappa shape index (κ3) is 4.58. The fraction of sp³-hybridized carbons (Fsp3) is 0.621. The first-order valence-corrected chi connectivity index (χ1v) is 15.3. The number of carbonyl (C=O) groups is 2. The van der Waals surface area contributed by atoms with E-state index in [1.807, 2.05) is 23.4 Å². The highest BCUT2D eigenvalue weighted by atomic mass is 16.5. The molecule has 0 saturated carbocycles. The van der Waals surface area contributed by atoms with E-state index in [4.69, 9.17) is 9.72 Å². The number of nitrogens with zero attached hydrogens (tertiary/aromatic N) is 9. The second-order valence-electron chi connectivity index (χ2n) is 12.6. The summed E-state index contributed by atoms with van der Waals surface area (Å²) in [5, 5.41) is 12.3. The summed E-state index contributed by atoms with van der Waals surface area (Å²) in [5.74, 6) is 0.904. The van der Waals surface area contributed by atoms with Crippen LogP contribution in [0.4, 0.5) is 17.3 Å². The molecule has 5 aliphatic heterocycles. The van der Waals surface area contributed by atoms with Crippen LogP contribution in [0.2, 0.25) is 0 Å². The SMILES string of the molecule is CN1CCN(C(=O)Cn2cc(Nc3nc4c(N5CC6CCC(C5)N6C(=O)C5CC6CCC5O6)cccn4n3)cn2)CC1. The van der Waals surface area contributed by atoms with Crippen molar-refractivity contribution in [2.45, 2.75) is 62.9 Å². The molecule has 0 radical (unpaired) electrons. The fourth-order valence-electron chi connectivity index (χ4n) is 7.68. The first-order chi connectivity index (χ1) is 20.5. The molecule has 0 aromatic carbocycles. The predicted molar refractivity (Wildman–Crippen MR) is 154 cm³/mol. The molecule has 0 aliphatic carbocycles. The number of ether oxygens (including phenoxy) is 1. The monoisotopic (exact) mass is 574 g/mol. The number of hydrogen-bond acceptors (Lipinski definition) is 9. The third-order valence-corrected chi connectivity index (χ3v) is 9.88. The fourth-order valence-corrected chi connectivity index (χ4v) is 7.68. The molecule has 13 heteroatoms. The Balaban J connectivity index is 0.942. The van der Waals surface area contributed by atoms with Gasteiger partial charge in [0.2, 0.25) is 17.8 Å². The molecule has 5 saturated heterocycles. The number of aromatic nitrogens is 5. The normalized spacial score (nSPS) is 29.2. The maximum Gasteiger partial charge on any atom is 0.247 e. The Bertz CT molecular complexity index is 1480. The molecule has 5 aliphatic rings. The van der Waals surface area contributed by atoms with Crippen molar-refractivity contribution in [3.05, 3.63) is 30.7 Å². The maximum atomic E-state index is 13.6. The largest absolute Gasteiger partial charge is 0.374 e. The van der Waals surface area contributed by atoms with Gasteiger partial charge in [-0.1, -0.05) is 0 Å². The average Bonchev–Trinajstić information content (AvgIpc) is 3.82. The van der Waals surface area contributed by atoms with Gasteiger partial charge in [0.15, 0.2) is 5.65 Å². The highest BCUT2D eigenvalue weighted by Crippen LogP contribution is 2.42. The van der Waals surface area contributed by atoms with Crippen LogP contribution in [-0.4, -0.2) is 122 Å². The van der Waals surface area contributed by atoms with E-state index >= 15 is 0 Å². The first kappa shape index (κ1) is 26.0. The van der Waals surface area contributed by atoms with Crippen molar-refractivity contribution in [1.82, 2.24) is 39.1 Å². The van der Waals surface area contributed by atoms with Gasteiger partial charge in [0.05, 0.1) is 35.7 Å². The molecule has 1 N–H and O–H groups in total. The van der Waals surface area contributed by atoms with Gasteiger partial charge < -0.3 is 29.7 Å². The number of amides is 2. The molecule has 8 heterocycles. The van der Waals surface area contributed by atoms with Crippen molar-refractivity contribution in [2.75, 3.05) is 56.5 Å². The quantitative estimate of drug-likeness (QED) is 0.464. The van der Waals surface area contributed by atoms with Gasteiger partial charge in [-0.15, -0.1) is 5.10 Å². The van der Waals surface area contributed by atoms with Crippen LogP contribution in [0.3, 0.4) is 0 Å². The zero-order chi connectivity index (χ0) is 28.4. The first-order valence-electron chi connectivity index (χ1n) is 15.3. The highest BCUT2D eigenvalue weighted by Gasteiger charge is 2.50. The summed E-state index contributed by atoms with van der Waals surface area (Å²) in [6.45, 7) is 5.09. The number of carbonyl (C=O) groups excluding carboxylic acids is 2. The summed E-state index contributed by atoms with van der Waals surface area (Å²) in [4.78, 5) is 39.9. The molecule has 2 amide bonds. The van der Waals surface area contributed by atoms with E-state index in [2.05, 4.69) is 43.3 Å². The molecule has 5 unspecified atom stereocenters. The van der Waals surface area contributed by atoms with Crippen LogP contribution in [0.25, 0.3) is 5.65 Å². The number of hydrogen-bond donors (Lipinski definition) is 1. The Hall–Kier alpha value is -3.71. The van der Waals surface area contributed by atoms with Gasteiger partial charge in [-0.3, -0.25) is 14.3 Å². The summed E-state index contributed by atoms with van der Waals surface area (Å²) < 4.78 is 9.47. The maximum absolute atomic E-state index is 13.6. The van der Waals surface area contributed by atoms with Gasteiger partial charge in [-0.2, -0.15) is 10.1 Å². The second kappa shape index (κ2) is 10.2. The Kier molecular flexibility index (Phi) is 6.32. The van der Waals surface area contributed by atoms with Crippen LogP contribution in [0.15, 0.2) is 30.7 Å². The predicted octanol–water partition coefficient (Wildman–Crippen LogP) is 1.19. The lowest BCUT2D eigenvalue weighted by molar-refractivity contribution is -0.140. The van der Waals surface area contributed by atoms with Crippen LogP contribution in [0, 0.1) is 5.92 Å². The van der Waals surface area contributed by atoms with Gasteiger partial charge in [0.25, 0.3) is 0 Å². The molecule has 5 fully saturated rings. The van der Waals surface area contributed by atoms with Crippen LogP contribution in [0.5, 0.6) is 0 Å². The summed E-state index contributed by atoms with van der Waals surface area (Å²) in [6.07, 6.45) is 10.9. The molecular weight excluding hydrogens is 536 g/mol. The molecule has 4 bridgehead atoms. The zero-order valence-corrected chi connectivity index (χ0v) is 24.0. The minimum Gasteiger partial charge on any atom is -0.374 e. The standard InChI is InChI=1S/C29H38N10O3/c1-34-9-11-35(12-10-34)26(40)18-37-15-19(14-30-37)31-29-32-27-24(3-2-8-38(27)33-29)36-16-20-4-5-21(17-36)39(20)28(41)23-13-22-6-7-25(23)42-22/h2-3,8,14-15,20-23,25H,4-7,9-13,16-18H2,1H3,(H,31,33). The lowest BCUT2D eigenvalue weighted by atomic mass is 9.87. The smallest absolute Gasteiger partial charge is 0.247 e. The van der Waals surface area contributed by atoms with Crippen molar-refractivity contribution in [2.24, 2.45) is 5.92 Å². The Morgan fingerprint density at radius 1 is 1.07 bits per heavy atom. The van der Waals surface area contributed by atoms with Crippen LogP contribution < -0.4 is 10.2 Å². The van der Waals surface area contributed by atoms with Gasteiger partial charge in [0, 0.05) is 63.7 Å². The molecule has 3 aromatic rings. The van der Waals surface area contributed by atoms with Crippen LogP contribution >= 0.6 is 0 Å². The van der Waals surface area contributed by atoms with E-state index in [9.17, 15) is 9.59 Å². The molecule has 8 rings (SSSR count). The number of likely N-dealkylation sites (N-methyl/N-ethyl adjacent to an activating group) is 1. The summed E-state index contributed by atoms with van der Waals surface area (Å²) in [5.41, 5.74) is 2.53. The van der Waals surface area contributed by atoms with Gasteiger partial charge in [0.1, 0.15) is 6.54 Å². The number of anilines is 3. The van der Waals surface area contributed by atoms with E-state index in [-0.39, 0.29) is 42.7 Å². The van der Waals surface area contributed by atoms with Crippen molar-refractivity contribution >= 4 is 34.8 Å². The van der Waals surface area contributed by atoms with Crippen molar-refractivity contribution in [3.63, 3.8) is 0 Å². The minimum atomic E-state index is 0.0428.